The summed E-state index contributed by atoms with van der Waals surface area (Å²) in [6.07, 6.45) is 5.59. The Balaban J connectivity index is 0. The van der Waals surface area contributed by atoms with Gasteiger partial charge in [-0.25, -0.2) is 0 Å². The van der Waals surface area contributed by atoms with E-state index in [1.807, 2.05) is 0 Å². The molecule has 0 atom stereocenters. The summed E-state index contributed by atoms with van der Waals surface area (Å²) in [5.41, 5.74) is 0. The Morgan fingerprint density at radius 3 is 2.18 bits per heavy atom. The smallest absolute Gasteiger partial charge is 0.187 e. The van der Waals surface area contributed by atoms with Gasteiger partial charge in [0.2, 0.25) is 0 Å². The first-order valence-corrected chi connectivity index (χ1v) is 19.2. The van der Waals surface area contributed by atoms with E-state index in [1.54, 1.807) is 0 Å². The van der Waals surface area contributed by atoms with E-state index in [-0.39, 0.29) is 17.4 Å². The fourth-order valence-corrected chi connectivity index (χ4v) is 8.21. The van der Waals surface area contributed by atoms with Gasteiger partial charge < -0.3 is 0 Å². The topological polar surface area (TPSA) is 0 Å². The molecule has 0 aliphatic carbocycles. The van der Waals surface area contributed by atoms with Crippen LogP contribution in [-0.2, 0) is 21.8 Å². The van der Waals surface area contributed by atoms with Crippen LogP contribution in [0, 0.1) is 0 Å². The predicted molar refractivity (Wildman–Crippen MR) is 55.2 cm³/mol. The average molecular weight is 380 g/mol. The van der Waals surface area contributed by atoms with E-state index in [0.717, 1.165) is 0 Å². The Kier molecular flexibility index (Phi) is 16.3. The molecule has 0 nitrogen and oxygen atoms in total. The molecule has 0 spiro atoms. The minimum absolute atomic E-state index is 0. The number of rotatable bonds is 6. The summed E-state index contributed by atoms with van der Waals surface area (Å²) >= 11 is -1.54. The molecule has 0 aromatic rings. The Morgan fingerprint density at radius 2 is 1.73 bits per heavy atom. The quantitative estimate of drug-likeness (QED) is 0.491. The van der Waals surface area contributed by atoms with Gasteiger partial charge in [-0.3, -0.25) is 0 Å². The standard InChI is InChI=1S/C6H13.C2H5.Al.ClH.Hg.3H/c1-3-5-6-4-2;1-2;;;;;;/h1,3-6H2,2H3;1H2,2H3;;1H;;;;/q;;;;+1;;;/p-1. The molecule has 0 saturated heterocycles. The summed E-state index contributed by atoms with van der Waals surface area (Å²) < 4.78 is 2.79. The average Bonchev–Trinajstić information content (AvgIpc) is 1.98. The molecule has 0 amide bonds. The van der Waals surface area contributed by atoms with Crippen LogP contribution in [-0.4, -0.2) is 17.4 Å². The van der Waals surface area contributed by atoms with Crippen LogP contribution in [0.4, 0.5) is 0 Å². The molecular formula is C8H21AlClHg. The zero-order valence-corrected chi connectivity index (χ0v) is 13.6. The van der Waals surface area contributed by atoms with Crippen LogP contribution in [0.5, 0.6) is 0 Å². The van der Waals surface area contributed by atoms with Crippen LogP contribution in [0.15, 0.2) is 0 Å². The van der Waals surface area contributed by atoms with Gasteiger partial charge in [0.25, 0.3) is 0 Å². The van der Waals surface area contributed by atoms with E-state index in [9.17, 15) is 0 Å². The van der Waals surface area contributed by atoms with Crippen molar-refractivity contribution in [3.8, 4) is 0 Å². The van der Waals surface area contributed by atoms with Gasteiger partial charge in [-0.1, -0.05) is 0 Å². The van der Waals surface area contributed by atoms with Crippen LogP contribution >= 0.6 is 8.25 Å². The molecule has 0 aromatic carbocycles. The normalized spacial score (nSPS) is 9.00. The largest absolute Gasteiger partial charge is 0.187 e. The molecule has 0 aromatic heterocycles. The Labute approximate surface area is 93.9 Å². The van der Waals surface area contributed by atoms with Crippen LogP contribution in [0.25, 0.3) is 0 Å². The van der Waals surface area contributed by atoms with Crippen molar-refractivity contribution in [3.63, 3.8) is 0 Å². The van der Waals surface area contributed by atoms with Gasteiger partial charge in [-0.15, -0.1) is 0 Å². The molecule has 0 bridgehead atoms. The van der Waals surface area contributed by atoms with Gasteiger partial charge in [-0.2, -0.15) is 0 Å². The van der Waals surface area contributed by atoms with Gasteiger partial charge >= 0.3 is 77.4 Å². The minimum Gasteiger partial charge on any atom is 0.187 e. The summed E-state index contributed by atoms with van der Waals surface area (Å²) in [5.74, 6) is 0. The van der Waals surface area contributed by atoms with Gasteiger partial charge in [0, 0.05) is 0 Å². The molecule has 0 fully saturated rings. The van der Waals surface area contributed by atoms with Crippen LogP contribution in [0.1, 0.15) is 39.5 Å². The third kappa shape index (κ3) is 11.8. The SMILES string of the molecule is CCCCC[CH2][Hg]([Cl])[CH2]C.[AlH3]. The molecule has 11 heavy (non-hydrogen) atoms. The molecule has 0 unspecified atom stereocenters. The molecule has 0 aliphatic rings. The van der Waals surface area contributed by atoms with Gasteiger partial charge in [0.15, 0.2) is 17.4 Å². The molecule has 65 valence electrons. The van der Waals surface area contributed by atoms with Gasteiger partial charge in [-0.05, 0) is 0 Å². The summed E-state index contributed by atoms with van der Waals surface area (Å²) in [6.45, 7) is 4.51. The van der Waals surface area contributed by atoms with E-state index in [1.165, 1.54) is 33.5 Å². The maximum atomic E-state index is 6.18. The first-order valence-electron chi connectivity index (χ1n) is 4.68. The third-order valence-corrected chi connectivity index (χ3v) is 16.8. The van der Waals surface area contributed by atoms with Crippen LogP contribution < -0.4 is 0 Å². The van der Waals surface area contributed by atoms with Crippen molar-refractivity contribution in [1.82, 2.24) is 0 Å². The van der Waals surface area contributed by atoms with E-state index in [0.29, 0.717) is 0 Å². The van der Waals surface area contributed by atoms with Crippen LogP contribution in [0.2, 0.25) is 7.86 Å². The summed E-state index contributed by atoms with van der Waals surface area (Å²) in [4.78, 5) is 0. The summed E-state index contributed by atoms with van der Waals surface area (Å²) in [5, 5.41) is 0. The number of hydrogen-bond donors (Lipinski definition) is 0. The fraction of sp³-hybridized carbons (Fsp3) is 1.00. The number of halogens is 1. The van der Waals surface area contributed by atoms with Crippen molar-refractivity contribution < 1.29 is 21.8 Å². The number of unbranched alkanes of at least 4 members (excludes halogenated alkanes) is 3. The Morgan fingerprint density at radius 1 is 1.09 bits per heavy atom. The fourth-order valence-electron chi connectivity index (χ4n) is 1.12. The monoisotopic (exact) mass is 381 g/mol. The van der Waals surface area contributed by atoms with E-state index < -0.39 is 21.8 Å². The van der Waals surface area contributed by atoms with Crippen molar-refractivity contribution in [2.24, 2.45) is 0 Å². The molecule has 0 saturated carbocycles. The van der Waals surface area contributed by atoms with Crippen LogP contribution in [0.3, 0.4) is 0 Å². The predicted octanol–water partition coefficient (Wildman–Crippen LogP) is 3.01. The zero-order valence-electron chi connectivity index (χ0n) is 7.33. The minimum atomic E-state index is -1.54. The molecule has 0 aliphatic heterocycles. The molecule has 0 rings (SSSR count). The molecule has 0 heterocycles. The van der Waals surface area contributed by atoms with Crippen molar-refractivity contribution in [3.05, 3.63) is 0 Å². The molecule has 0 radical (unpaired) electrons. The molecular weight excluding hydrogens is 359 g/mol. The molecule has 0 N–H and O–H groups in total. The first kappa shape index (κ1) is 15.2. The van der Waals surface area contributed by atoms with Crippen molar-refractivity contribution in [2.75, 3.05) is 0 Å². The van der Waals surface area contributed by atoms with Crippen molar-refractivity contribution in [1.29, 1.82) is 0 Å². The second kappa shape index (κ2) is 11.8. The van der Waals surface area contributed by atoms with Crippen molar-refractivity contribution >= 4 is 25.6 Å². The zero-order chi connectivity index (χ0) is 7.82. The number of hydrogen-bond acceptors (Lipinski definition) is 0. The maximum Gasteiger partial charge on any atom is 0.187 e. The Bertz CT molecular complexity index is 71.1. The summed E-state index contributed by atoms with van der Waals surface area (Å²) in [7, 11) is 6.18. The second-order valence-corrected chi connectivity index (χ2v) is 22.1. The van der Waals surface area contributed by atoms with E-state index in [4.69, 9.17) is 8.25 Å². The first-order chi connectivity index (χ1) is 4.81. The van der Waals surface area contributed by atoms with E-state index >= 15 is 0 Å². The van der Waals surface area contributed by atoms with Gasteiger partial charge in [0.05, 0.1) is 0 Å². The van der Waals surface area contributed by atoms with E-state index in [2.05, 4.69) is 13.8 Å². The third-order valence-electron chi connectivity index (χ3n) is 2.03. The Hall–Kier alpha value is 1.76. The van der Waals surface area contributed by atoms with Crippen molar-refractivity contribution in [2.45, 2.75) is 47.4 Å². The summed E-state index contributed by atoms with van der Waals surface area (Å²) in [6, 6.07) is 0. The molecule has 3 heteroatoms. The van der Waals surface area contributed by atoms with Gasteiger partial charge in [0.1, 0.15) is 0 Å². The second-order valence-electron chi connectivity index (χ2n) is 3.15. The maximum absolute atomic E-state index is 6.18.